The van der Waals surface area contributed by atoms with Crippen molar-refractivity contribution in [2.24, 2.45) is 0 Å². The number of halogens is 2. The van der Waals surface area contributed by atoms with E-state index in [-0.39, 0.29) is 0 Å². The lowest BCUT2D eigenvalue weighted by Gasteiger charge is -2.11. The topological polar surface area (TPSA) is 43.9 Å². The van der Waals surface area contributed by atoms with Gasteiger partial charge in [0.05, 0.1) is 22.0 Å². The third kappa shape index (κ3) is 3.76. The first-order valence-electron chi connectivity index (χ1n) is 8.25. The number of thioether (sulfide) groups is 1. The Hall–Kier alpha value is -2.21. The predicted octanol–water partition coefficient (Wildman–Crippen LogP) is 6.43. The van der Waals surface area contributed by atoms with Gasteiger partial charge in [-0.1, -0.05) is 59.2 Å². The highest BCUT2D eigenvalue weighted by atomic mass is 35.5. The smallest absolute Gasteiger partial charge is 0.205 e. The summed E-state index contributed by atoms with van der Waals surface area (Å²) in [5, 5.41) is 10.5. The molecule has 0 aliphatic carbocycles. The molecular weight excluding hydrogens is 401 g/mol. The number of aromatic nitrogens is 3. The van der Waals surface area contributed by atoms with Gasteiger partial charge in [0, 0.05) is 5.75 Å². The molecule has 2 heterocycles. The molecule has 7 heteroatoms. The monoisotopic (exact) mass is 415 g/mol. The van der Waals surface area contributed by atoms with Crippen molar-refractivity contribution in [3.63, 3.8) is 0 Å². The molecule has 4 nitrogen and oxygen atoms in total. The summed E-state index contributed by atoms with van der Waals surface area (Å²) in [5.74, 6) is 2.03. The Kier molecular flexibility index (Phi) is 5.25. The first-order valence-corrected chi connectivity index (χ1v) is 9.99. The molecule has 27 heavy (non-hydrogen) atoms. The van der Waals surface area contributed by atoms with Gasteiger partial charge in [-0.15, -0.1) is 10.2 Å². The largest absolute Gasteiger partial charge is 0.461 e. The summed E-state index contributed by atoms with van der Waals surface area (Å²) in [7, 11) is 0. The first kappa shape index (κ1) is 18.2. The predicted molar refractivity (Wildman–Crippen MR) is 110 cm³/mol. The van der Waals surface area contributed by atoms with E-state index < -0.39 is 0 Å². The molecule has 0 amide bonds. The van der Waals surface area contributed by atoms with Gasteiger partial charge in [-0.2, -0.15) is 0 Å². The molecule has 4 aromatic rings. The fourth-order valence-electron chi connectivity index (χ4n) is 2.70. The maximum atomic E-state index is 6.24. The number of aryl methyl sites for hydroxylation is 1. The highest BCUT2D eigenvalue weighted by Crippen LogP contribution is 2.32. The van der Waals surface area contributed by atoms with Crippen molar-refractivity contribution in [2.75, 3.05) is 0 Å². The molecule has 0 N–H and O–H groups in total. The second-order valence-electron chi connectivity index (χ2n) is 5.93. The molecule has 0 radical (unpaired) electrons. The molecule has 0 unspecified atom stereocenters. The van der Waals surface area contributed by atoms with E-state index in [1.54, 1.807) is 30.2 Å². The number of hydrogen-bond donors (Lipinski definition) is 0. The molecule has 4 rings (SSSR count). The average Bonchev–Trinajstić information content (AvgIpc) is 3.33. The van der Waals surface area contributed by atoms with Gasteiger partial charge in [0.2, 0.25) is 5.82 Å². The van der Waals surface area contributed by atoms with E-state index in [9.17, 15) is 0 Å². The van der Waals surface area contributed by atoms with Crippen LogP contribution in [0.15, 0.2) is 70.4 Å². The van der Waals surface area contributed by atoms with Crippen molar-refractivity contribution in [3.05, 3.63) is 82.0 Å². The highest BCUT2D eigenvalue weighted by molar-refractivity contribution is 7.98. The molecule has 136 valence electrons. The molecule has 0 saturated carbocycles. The SMILES string of the molecule is Cc1ccccc1CSc1nnc(-c2ccco2)n1-c1ccc(Cl)c(Cl)c1. The summed E-state index contributed by atoms with van der Waals surface area (Å²) >= 11 is 13.9. The van der Waals surface area contributed by atoms with Crippen LogP contribution in [-0.2, 0) is 5.75 Å². The van der Waals surface area contributed by atoms with Crippen molar-refractivity contribution in [1.82, 2.24) is 14.8 Å². The normalized spacial score (nSPS) is 11.1. The van der Waals surface area contributed by atoms with Crippen LogP contribution in [0.1, 0.15) is 11.1 Å². The van der Waals surface area contributed by atoms with E-state index in [1.165, 1.54) is 11.1 Å². The van der Waals surface area contributed by atoms with Crippen molar-refractivity contribution in [3.8, 4) is 17.3 Å². The van der Waals surface area contributed by atoms with Gasteiger partial charge in [-0.3, -0.25) is 4.57 Å². The molecule has 2 aromatic heterocycles. The van der Waals surface area contributed by atoms with Crippen molar-refractivity contribution in [2.45, 2.75) is 17.8 Å². The third-order valence-electron chi connectivity index (χ3n) is 4.15. The summed E-state index contributed by atoms with van der Waals surface area (Å²) < 4.78 is 7.47. The van der Waals surface area contributed by atoms with Crippen LogP contribution in [0, 0.1) is 6.92 Å². The Balaban J connectivity index is 1.75. The van der Waals surface area contributed by atoms with Gasteiger partial charge < -0.3 is 4.42 Å². The van der Waals surface area contributed by atoms with Crippen molar-refractivity contribution < 1.29 is 4.42 Å². The summed E-state index contributed by atoms with van der Waals surface area (Å²) in [4.78, 5) is 0. The molecule has 0 fully saturated rings. The number of furan rings is 1. The van der Waals surface area contributed by atoms with Gasteiger partial charge in [-0.05, 0) is 48.4 Å². The number of nitrogens with zero attached hydrogens (tertiary/aromatic N) is 3. The quantitative estimate of drug-likeness (QED) is 0.352. The van der Waals surface area contributed by atoms with Gasteiger partial charge in [0.1, 0.15) is 0 Å². The maximum absolute atomic E-state index is 6.24. The zero-order valence-corrected chi connectivity index (χ0v) is 16.7. The molecule has 2 aromatic carbocycles. The van der Waals surface area contributed by atoms with Crippen LogP contribution < -0.4 is 0 Å². The maximum Gasteiger partial charge on any atom is 0.205 e. The number of benzene rings is 2. The van der Waals surface area contributed by atoms with E-state index in [2.05, 4.69) is 29.3 Å². The van der Waals surface area contributed by atoms with E-state index in [4.69, 9.17) is 27.6 Å². The fraction of sp³-hybridized carbons (Fsp3) is 0.100. The lowest BCUT2D eigenvalue weighted by atomic mass is 10.1. The first-order chi connectivity index (χ1) is 13.1. The molecule has 0 aliphatic heterocycles. The van der Waals surface area contributed by atoms with Crippen LogP contribution in [0.3, 0.4) is 0 Å². The highest BCUT2D eigenvalue weighted by Gasteiger charge is 2.19. The summed E-state index contributed by atoms with van der Waals surface area (Å²) in [6, 6.07) is 17.4. The Morgan fingerprint density at radius 2 is 1.85 bits per heavy atom. The summed E-state index contributed by atoms with van der Waals surface area (Å²) in [6.07, 6.45) is 1.61. The van der Waals surface area contributed by atoms with Gasteiger partial charge in [0.15, 0.2) is 10.9 Å². The second kappa shape index (κ2) is 7.80. The number of hydrogen-bond acceptors (Lipinski definition) is 4. The molecular formula is C20H15Cl2N3OS. The lowest BCUT2D eigenvalue weighted by Crippen LogP contribution is -2.00. The zero-order chi connectivity index (χ0) is 18.8. The van der Waals surface area contributed by atoms with Crippen LogP contribution in [0.25, 0.3) is 17.3 Å². The van der Waals surface area contributed by atoms with E-state index in [0.717, 1.165) is 16.6 Å². The Bertz CT molecular complexity index is 1080. The molecule has 0 atom stereocenters. The second-order valence-corrected chi connectivity index (χ2v) is 7.69. The van der Waals surface area contributed by atoms with Crippen molar-refractivity contribution >= 4 is 35.0 Å². The Morgan fingerprint density at radius 1 is 1.00 bits per heavy atom. The van der Waals surface area contributed by atoms with Crippen LogP contribution in [0.4, 0.5) is 0 Å². The van der Waals surface area contributed by atoms with Crippen LogP contribution >= 0.6 is 35.0 Å². The standard InChI is InChI=1S/C20H15Cl2N3OS/c1-13-5-2-3-6-14(13)12-27-20-24-23-19(18-7-4-10-26-18)25(20)15-8-9-16(21)17(22)11-15/h2-11H,12H2,1H3. The summed E-state index contributed by atoms with van der Waals surface area (Å²) in [6.45, 7) is 2.11. The van der Waals surface area contributed by atoms with Crippen molar-refractivity contribution in [1.29, 1.82) is 0 Å². The molecule has 0 saturated heterocycles. The number of rotatable bonds is 5. The van der Waals surface area contributed by atoms with Crippen LogP contribution in [0.5, 0.6) is 0 Å². The Labute approximate surface area is 171 Å². The van der Waals surface area contributed by atoms with E-state index in [1.807, 2.05) is 34.9 Å². The minimum atomic E-state index is 0.475. The molecule has 0 bridgehead atoms. The minimum absolute atomic E-state index is 0.475. The average molecular weight is 416 g/mol. The fourth-order valence-corrected chi connectivity index (χ4v) is 4.02. The lowest BCUT2D eigenvalue weighted by molar-refractivity contribution is 0.575. The summed E-state index contributed by atoms with van der Waals surface area (Å²) in [5.41, 5.74) is 3.33. The van der Waals surface area contributed by atoms with Crippen LogP contribution in [0.2, 0.25) is 10.0 Å². The van der Waals surface area contributed by atoms with Gasteiger partial charge in [-0.25, -0.2) is 0 Å². The molecule has 0 aliphatic rings. The Morgan fingerprint density at radius 3 is 2.59 bits per heavy atom. The van der Waals surface area contributed by atoms with Crippen LogP contribution in [-0.4, -0.2) is 14.8 Å². The zero-order valence-electron chi connectivity index (χ0n) is 14.4. The molecule has 0 spiro atoms. The van der Waals surface area contributed by atoms with E-state index in [0.29, 0.717) is 21.6 Å². The van der Waals surface area contributed by atoms with Gasteiger partial charge in [0.25, 0.3) is 0 Å². The van der Waals surface area contributed by atoms with Gasteiger partial charge >= 0.3 is 0 Å². The minimum Gasteiger partial charge on any atom is -0.461 e. The third-order valence-corrected chi connectivity index (χ3v) is 5.87. The van der Waals surface area contributed by atoms with E-state index >= 15 is 0 Å².